The van der Waals surface area contributed by atoms with Crippen molar-refractivity contribution in [3.05, 3.63) is 0 Å². The van der Waals surface area contributed by atoms with Gasteiger partial charge < -0.3 is 42.5 Å². The van der Waals surface area contributed by atoms with Gasteiger partial charge in [-0.3, -0.25) is 24.6 Å². The number of carbonyl (C=O) groups is 3. The first-order valence-electron chi connectivity index (χ1n) is 10.5. The van der Waals surface area contributed by atoms with Crippen molar-refractivity contribution in [3.8, 4) is 0 Å². The van der Waals surface area contributed by atoms with E-state index in [4.69, 9.17) is 16.9 Å². The Kier molecular flexibility index (Phi) is 11.0. The number of hydrogen-bond acceptors (Lipinski definition) is 8. The summed E-state index contributed by atoms with van der Waals surface area (Å²) in [6, 6.07) is -4.38. The van der Waals surface area contributed by atoms with Crippen molar-refractivity contribution in [3.63, 3.8) is 0 Å². The molecule has 13 nitrogen and oxygen atoms in total. The number of amides is 3. The molecule has 3 amide bonds. The third kappa shape index (κ3) is 8.05. The highest BCUT2D eigenvalue weighted by Gasteiger charge is 2.38. The lowest BCUT2D eigenvalue weighted by molar-refractivity contribution is -0.141. The molecule has 1 radical (unpaired) electrons. The molecule has 1 aliphatic rings. The number of likely N-dealkylation sites (tertiary alicyclic amines) is 1. The predicted molar refractivity (Wildman–Crippen MR) is 115 cm³/mol. The second kappa shape index (κ2) is 12.9. The maximum absolute atomic E-state index is 12.9. The topological polar surface area (TPSA) is 224 Å². The quantitative estimate of drug-likeness (QED) is 0.0824. The van der Waals surface area contributed by atoms with Crippen LogP contribution in [0.4, 0.5) is 0 Å². The Balaban J connectivity index is 2.90. The van der Waals surface area contributed by atoms with Gasteiger partial charge in [0.15, 0.2) is 5.96 Å². The van der Waals surface area contributed by atoms with E-state index in [-0.39, 0.29) is 18.9 Å². The molecule has 6 atom stereocenters. The van der Waals surface area contributed by atoms with Gasteiger partial charge >= 0.3 is 0 Å². The smallest absolute Gasteiger partial charge is 0.243 e. The molecule has 0 aromatic heterocycles. The summed E-state index contributed by atoms with van der Waals surface area (Å²) in [4.78, 5) is 50.4. The van der Waals surface area contributed by atoms with Gasteiger partial charge in [-0.25, -0.2) is 0 Å². The highest BCUT2D eigenvalue weighted by Crippen LogP contribution is 2.19. The molecule has 1 aliphatic heterocycles. The van der Waals surface area contributed by atoms with Crippen LogP contribution < -0.4 is 27.4 Å². The second-order valence-electron chi connectivity index (χ2n) is 7.84. The summed E-state index contributed by atoms with van der Waals surface area (Å²) in [6.45, 7) is 3.26. The zero-order chi connectivity index (χ0) is 24.4. The Morgan fingerprint density at radius 2 is 1.88 bits per heavy atom. The molecular formula is C19H34N7O6. The Morgan fingerprint density at radius 3 is 2.41 bits per heavy atom. The zero-order valence-corrected chi connectivity index (χ0v) is 18.3. The van der Waals surface area contributed by atoms with E-state index in [1.165, 1.54) is 25.0 Å². The van der Waals surface area contributed by atoms with Crippen LogP contribution in [0.15, 0.2) is 0 Å². The molecule has 1 rings (SSSR count). The van der Waals surface area contributed by atoms with E-state index in [0.29, 0.717) is 25.8 Å². The summed E-state index contributed by atoms with van der Waals surface area (Å²) in [6.07, 6.45) is 0.665. The number of hydrogen-bond donors (Lipinski definition) is 8. The summed E-state index contributed by atoms with van der Waals surface area (Å²) >= 11 is 0. The molecule has 0 aromatic carbocycles. The van der Waals surface area contributed by atoms with Gasteiger partial charge in [0.05, 0.1) is 12.2 Å². The fourth-order valence-electron chi connectivity index (χ4n) is 3.27. The average molecular weight is 457 g/mol. The number of nitrogens with zero attached hydrogens (tertiary/aromatic N) is 1. The maximum atomic E-state index is 12.9. The molecule has 13 heteroatoms. The van der Waals surface area contributed by atoms with Crippen molar-refractivity contribution in [2.24, 2.45) is 11.5 Å². The molecule has 1 heterocycles. The fraction of sp³-hybridized carbons (Fsp3) is 0.737. The highest BCUT2D eigenvalue weighted by atomic mass is 16.3. The molecule has 1 fully saturated rings. The van der Waals surface area contributed by atoms with Crippen molar-refractivity contribution >= 4 is 30.0 Å². The minimum atomic E-state index is -1.27. The van der Waals surface area contributed by atoms with Gasteiger partial charge in [0.2, 0.25) is 24.0 Å². The molecule has 32 heavy (non-hydrogen) atoms. The predicted octanol–water partition coefficient (Wildman–Crippen LogP) is -3.59. The number of nitrogens with two attached hydrogens (primary N) is 2. The molecule has 0 bridgehead atoms. The lowest BCUT2D eigenvalue weighted by Crippen LogP contribution is -2.58. The van der Waals surface area contributed by atoms with E-state index in [2.05, 4.69) is 16.0 Å². The van der Waals surface area contributed by atoms with Crippen LogP contribution in [0.2, 0.25) is 0 Å². The number of aliphatic hydroxyl groups excluding tert-OH is 2. The largest absolute Gasteiger partial charge is 0.391 e. The third-order valence-electron chi connectivity index (χ3n) is 5.17. The van der Waals surface area contributed by atoms with E-state index in [1.807, 2.05) is 0 Å². The minimum absolute atomic E-state index is 0.136. The van der Waals surface area contributed by atoms with Crippen LogP contribution in [0, 0.1) is 5.41 Å². The lowest BCUT2D eigenvalue weighted by atomic mass is 10.1. The second-order valence-corrected chi connectivity index (χ2v) is 7.84. The van der Waals surface area contributed by atoms with E-state index in [0.717, 1.165) is 0 Å². The van der Waals surface area contributed by atoms with Crippen LogP contribution in [0.3, 0.4) is 0 Å². The van der Waals surface area contributed by atoms with Crippen molar-refractivity contribution in [2.75, 3.05) is 13.1 Å². The monoisotopic (exact) mass is 456 g/mol. The molecule has 0 aromatic rings. The molecule has 1 saturated heterocycles. The fourth-order valence-corrected chi connectivity index (χ4v) is 3.27. The number of aliphatic hydroxyl groups is 2. The van der Waals surface area contributed by atoms with Crippen LogP contribution in [0.25, 0.3) is 0 Å². The molecule has 181 valence electrons. The number of nitrogens with one attached hydrogen (secondary N) is 4. The minimum Gasteiger partial charge on any atom is -0.391 e. The van der Waals surface area contributed by atoms with E-state index in [1.54, 1.807) is 0 Å². The van der Waals surface area contributed by atoms with Gasteiger partial charge in [-0.2, -0.15) is 0 Å². The summed E-state index contributed by atoms with van der Waals surface area (Å²) in [7, 11) is 0. The van der Waals surface area contributed by atoms with Gasteiger partial charge in [-0.1, -0.05) is 0 Å². The first-order chi connectivity index (χ1) is 15.0. The van der Waals surface area contributed by atoms with E-state index >= 15 is 0 Å². The van der Waals surface area contributed by atoms with Crippen molar-refractivity contribution in [1.29, 1.82) is 5.41 Å². The maximum Gasteiger partial charge on any atom is 0.243 e. The van der Waals surface area contributed by atoms with Crippen LogP contribution in [0.1, 0.15) is 39.5 Å². The molecular weight excluding hydrogens is 422 g/mol. The number of rotatable bonds is 12. The molecule has 10 N–H and O–H groups in total. The van der Waals surface area contributed by atoms with Gasteiger partial charge in [-0.15, -0.1) is 0 Å². The zero-order valence-electron chi connectivity index (χ0n) is 18.3. The van der Waals surface area contributed by atoms with Crippen LogP contribution in [-0.4, -0.2) is 94.5 Å². The lowest BCUT2D eigenvalue weighted by Gasteiger charge is -2.29. The molecule has 0 spiro atoms. The average Bonchev–Trinajstić information content (AvgIpc) is 3.22. The Hall–Kier alpha value is -2.77. The standard InChI is InChI=1S/C19H34N7O6/c1-10(28)13(9-27)25-16(30)12(5-3-7-23-19(21)22)24-17(31)14-6-4-8-26(14)18(32)15(20)11(2)29/h10-15,28-29H,3-8,20H2,1-2H3,(H,24,31)(H,25,30)(H4,21,22,23)/t10-,11-,12+,13-,14+,15+/m1/s1. The Labute approximate surface area is 186 Å². The van der Waals surface area contributed by atoms with Gasteiger partial charge in [0.1, 0.15) is 24.2 Å². The van der Waals surface area contributed by atoms with Gasteiger partial charge in [0.25, 0.3) is 0 Å². The number of guanidine groups is 1. The number of carbonyl (C=O) groups excluding carboxylic acids is 4. The normalized spacial score (nSPS) is 20.4. The molecule has 0 saturated carbocycles. The van der Waals surface area contributed by atoms with Gasteiger partial charge in [-0.05, 0) is 39.5 Å². The third-order valence-corrected chi connectivity index (χ3v) is 5.17. The summed E-state index contributed by atoms with van der Waals surface area (Å²) in [5.74, 6) is -2.08. The van der Waals surface area contributed by atoms with E-state index in [9.17, 15) is 29.4 Å². The van der Waals surface area contributed by atoms with Gasteiger partial charge in [0, 0.05) is 13.1 Å². The van der Waals surface area contributed by atoms with Crippen molar-refractivity contribution in [2.45, 2.75) is 75.9 Å². The highest BCUT2D eigenvalue weighted by molar-refractivity contribution is 5.94. The van der Waals surface area contributed by atoms with Crippen LogP contribution in [0.5, 0.6) is 0 Å². The van der Waals surface area contributed by atoms with Crippen molar-refractivity contribution < 1.29 is 29.4 Å². The summed E-state index contributed by atoms with van der Waals surface area (Å²) < 4.78 is 0. The van der Waals surface area contributed by atoms with Crippen LogP contribution in [-0.2, 0) is 19.2 Å². The molecule has 0 unspecified atom stereocenters. The first kappa shape index (κ1) is 27.3. The Bertz CT molecular complexity index is 687. The van der Waals surface area contributed by atoms with Crippen molar-refractivity contribution in [1.82, 2.24) is 20.9 Å². The summed E-state index contributed by atoms with van der Waals surface area (Å²) in [5.41, 5.74) is 10.9. The summed E-state index contributed by atoms with van der Waals surface area (Å²) in [5, 5.41) is 33.9. The Morgan fingerprint density at radius 1 is 1.22 bits per heavy atom. The SMILES string of the molecule is C[C@@H](O)[C@H](N)C(=O)N1CCC[C@H]1C(=O)N[C@@H](CCCNC(=N)N)C(=O)N[C@H]([C]=O)[C@@H](C)O. The van der Waals surface area contributed by atoms with E-state index < -0.39 is 54.1 Å². The van der Waals surface area contributed by atoms with Crippen LogP contribution >= 0.6 is 0 Å². The molecule has 0 aliphatic carbocycles. The first-order valence-corrected chi connectivity index (χ1v) is 10.5.